The normalized spacial score (nSPS) is 12.0. The van der Waals surface area contributed by atoms with E-state index in [2.05, 4.69) is 56.0 Å². The summed E-state index contributed by atoms with van der Waals surface area (Å²) in [7, 11) is 1.92. The zero-order chi connectivity index (χ0) is 15.2. The fraction of sp³-hybridized carbons (Fsp3) is 0.333. The molecular weight excluding hydrogens is 258 g/mol. The Morgan fingerprint density at radius 1 is 1.05 bits per heavy atom. The smallest absolute Gasteiger partial charge is 0.0740 e. The lowest BCUT2D eigenvalue weighted by Crippen LogP contribution is -2.12. The molecule has 21 heavy (non-hydrogen) atoms. The average Bonchev–Trinajstić information content (AvgIpc) is 2.84. The van der Waals surface area contributed by atoms with Crippen LogP contribution in [0.2, 0.25) is 0 Å². The highest BCUT2D eigenvalue weighted by molar-refractivity contribution is 5.91. The second-order valence-electron chi connectivity index (χ2n) is 6.70. The van der Waals surface area contributed by atoms with E-state index in [-0.39, 0.29) is 5.41 Å². The molecule has 2 aromatic heterocycles. The summed E-state index contributed by atoms with van der Waals surface area (Å²) in [6.45, 7) is 8.88. The van der Waals surface area contributed by atoms with Gasteiger partial charge in [-0.05, 0) is 34.9 Å². The number of pyridine rings is 1. The van der Waals surface area contributed by atoms with Crippen LogP contribution < -0.4 is 0 Å². The van der Waals surface area contributed by atoms with Crippen molar-refractivity contribution in [3.05, 3.63) is 47.9 Å². The van der Waals surface area contributed by atoms with Crippen LogP contribution in [0.15, 0.2) is 36.8 Å². The van der Waals surface area contributed by atoms with Gasteiger partial charge in [0.15, 0.2) is 0 Å². The number of rotatable bonds is 1. The lowest BCUT2D eigenvalue weighted by Gasteiger charge is -2.22. The first-order valence-corrected chi connectivity index (χ1v) is 7.25. The number of nitrogens with zero attached hydrogens (tertiary/aromatic N) is 3. The summed E-state index contributed by atoms with van der Waals surface area (Å²) in [5.41, 5.74) is 4.77. The molecule has 2 heterocycles. The van der Waals surface area contributed by atoms with Crippen molar-refractivity contribution in [2.24, 2.45) is 7.05 Å². The van der Waals surface area contributed by atoms with Crippen LogP contribution in [0.5, 0.6) is 0 Å². The number of fused-ring (bicyclic) bond motifs is 1. The molecule has 0 bridgehead atoms. The molecule has 3 rings (SSSR count). The molecule has 0 aliphatic carbocycles. The fourth-order valence-electron chi connectivity index (χ4n) is 2.75. The standard InChI is InChI=1S/C18H21N3/c1-12-6-7-16(18(2,3)4)15-10-19-17(8-14(12)15)13-9-20-21(5)11-13/h6-11H,1-5H3. The van der Waals surface area contributed by atoms with Crippen molar-refractivity contribution in [3.8, 4) is 11.3 Å². The van der Waals surface area contributed by atoms with Crippen LogP contribution in [0.3, 0.4) is 0 Å². The lowest BCUT2D eigenvalue weighted by atomic mass is 9.83. The average molecular weight is 279 g/mol. The Hall–Kier alpha value is -2.16. The van der Waals surface area contributed by atoms with Crippen molar-refractivity contribution >= 4 is 10.8 Å². The molecule has 0 aliphatic rings. The van der Waals surface area contributed by atoms with Gasteiger partial charge in [-0.15, -0.1) is 0 Å². The van der Waals surface area contributed by atoms with Gasteiger partial charge in [-0.3, -0.25) is 9.67 Å². The van der Waals surface area contributed by atoms with Gasteiger partial charge in [-0.2, -0.15) is 5.10 Å². The third kappa shape index (κ3) is 2.44. The van der Waals surface area contributed by atoms with Crippen molar-refractivity contribution in [2.45, 2.75) is 33.1 Å². The van der Waals surface area contributed by atoms with Crippen molar-refractivity contribution in [1.29, 1.82) is 0 Å². The van der Waals surface area contributed by atoms with Gasteiger partial charge in [0.2, 0.25) is 0 Å². The van der Waals surface area contributed by atoms with Crippen LogP contribution in [0.1, 0.15) is 31.9 Å². The van der Waals surface area contributed by atoms with Gasteiger partial charge < -0.3 is 0 Å². The summed E-state index contributed by atoms with van der Waals surface area (Å²) in [5, 5.41) is 6.75. The Morgan fingerprint density at radius 2 is 1.81 bits per heavy atom. The summed E-state index contributed by atoms with van der Waals surface area (Å²) >= 11 is 0. The summed E-state index contributed by atoms with van der Waals surface area (Å²) in [6.07, 6.45) is 5.86. The molecule has 0 unspecified atom stereocenters. The van der Waals surface area contributed by atoms with Crippen molar-refractivity contribution in [1.82, 2.24) is 14.8 Å². The zero-order valence-corrected chi connectivity index (χ0v) is 13.3. The molecule has 0 fully saturated rings. The first-order chi connectivity index (χ1) is 9.86. The van der Waals surface area contributed by atoms with Crippen LogP contribution in [0.4, 0.5) is 0 Å². The Bertz CT molecular complexity index is 807. The molecule has 0 radical (unpaired) electrons. The molecule has 108 valence electrons. The molecule has 0 atom stereocenters. The first-order valence-electron chi connectivity index (χ1n) is 7.25. The summed E-state index contributed by atoms with van der Waals surface area (Å²) in [4.78, 5) is 4.65. The van der Waals surface area contributed by atoms with Gasteiger partial charge in [-0.25, -0.2) is 0 Å². The summed E-state index contributed by atoms with van der Waals surface area (Å²) in [5.74, 6) is 0. The number of hydrogen-bond donors (Lipinski definition) is 0. The third-order valence-corrected chi connectivity index (χ3v) is 3.93. The van der Waals surface area contributed by atoms with Gasteiger partial charge in [0.1, 0.15) is 0 Å². The van der Waals surface area contributed by atoms with Gasteiger partial charge in [0, 0.05) is 30.4 Å². The highest BCUT2D eigenvalue weighted by atomic mass is 15.2. The van der Waals surface area contributed by atoms with E-state index in [4.69, 9.17) is 0 Å². The van der Waals surface area contributed by atoms with E-state index in [9.17, 15) is 0 Å². The SMILES string of the molecule is Cc1ccc(C(C)(C)C)c2cnc(-c3cnn(C)c3)cc12. The lowest BCUT2D eigenvalue weighted by molar-refractivity contribution is 0.595. The van der Waals surface area contributed by atoms with Gasteiger partial charge in [0.05, 0.1) is 11.9 Å². The van der Waals surface area contributed by atoms with Crippen LogP contribution in [0, 0.1) is 6.92 Å². The molecule has 0 saturated carbocycles. The number of aryl methyl sites for hydroxylation is 2. The predicted octanol–water partition coefficient (Wildman–Crippen LogP) is 4.24. The maximum absolute atomic E-state index is 4.65. The molecule has 3 heteroatoms. The van der Waals surface area contributed by atoms with Gasteiger partial charge in [-0.1, -0.05) is 32.9 Å². The minimum atomic E-state index is 0.115. The summed E-state index contributed by atoms with van der Waals surface area (Å²) in [6, 6.07) is 6.61. The van der Waals surface area contributed by atoms with Gasteiger partial charge >= 0.3 is 0 Å². The number of hydrogen-bond acceptors (Lipinski definition) is 2. The molecule has 0 spiro atoms. The second-order valence-corrected chi connectivity index (χ2v) is 6.70. The Balaban J connectivity index is 2.25. The van der Waals surface area contributed by atoms with E-state index in [0.29, 0.717) is 0 Å². The monoisotopic (exact) mass is 279 g/mol. The molecule has 3 aromatic rings. The van der Waals surface area contributed by atoms with E-state index in [1.807, 2.05) is 25.6 Å². The zero-order valence-electron chi connectivity index (χ0n) is 13.3. The number of aromatic nitrogens is 3. The molecule has 1 aromatic carbocycles. The Kier molecular flexibility index (Phi) is 3.08. The minimum Gasteiger partial charge on any atom is -0.275 e. The van der Waals surface area contributed by atoms with E-state index in [1.165, 1.54) is 21.9 Å². The van der Waals surface area contributed by atoms with Crippen molar-refractivity contribution in [3.63, 3.8) is 0 Å². The highest BCUT2D eigenvalue weighted by Gasteiger charge is 2.18. The van der Waals surface area contributed by atoms with Crippen LogP contribution in [0.25, 0.3) is 22.0 Å². The van der Waals surface area contributed by atoms with Crippen LogP contribution in [-0.4, -0.2) is 14.8 Å². The van der Waals surface area contributed by atoms with Crippen LogP contribution in [-0.2, 0) is 12.5 Å². The molecule has 3 nitrogen and oxygen atoms in total. The Morgan fingerprint density at radius 3 is 2.43 bits per heavy atom. The second kappa shape index (κ2) is 4.69. The fourth-order valence-corrected chi connectivity index (χ4v) is 2.75. The topological polar surface area (TPSA) is 30.7 Å². The maximum atomic E-state index is 4.65. The molecule has 0 N–H and O–H groups in total. The van der Waals surface area contributed by atoms with Crippen molar-refractivity contribution in [2.75, 3.05) is 0 Å². The minimum absolute atomic E-state index is 0.115. The Labute approximate surface area is 125 Å². The highest BCUT2D eigenvalue weighted by Crippen LogP contribution is 2.32. The van der Waals surface area contributed by atoms with Gasteiger partial charge in [0.25, 0.3) is 0 Å². The quantitative estimate of drug-likeness (QED) is 0.667. The van der Waals surface area contributed by atoms with Crippen LogP contribution >= 0.6 is 0 Å². The van der Waals surface area contributed by atoms with Crippen molar-refractivity contribution < 1.29 is 0 Å². The largest absolute Gasteiger partial charge is 0.275 e. The molecule has 0 aliphatic heterocycles. The predicted molar refractivity (Wildman–Crippen MR) is 87.4 cm³/mol. The van der Waals surface area contributed by atoms with E-state index in [0.717, 1.165) is 11.3 Å². The summed E-state index contributed by atoms with van der Waals surface area (Å²) < 4.78 is 1.81. The maximum Gasteiger partial charge on any atom is 0.0740 e. The number of benzene rings is 1. The molecule has 0 saturated heterocycles. The molecular formula is C18H21N3. The first kappa shape index (κ1) is 13.8. The van der Waals surface area contributed by atoms with E-state index >= 15 is 0 Å². The molecule has 0 amide bonds. The third-order valence-electron chi connectivity index (χ3n) is 3.93. The van der Waals surface area contributed by atoms with E-state index in [1.54, 1.807) is 4.68 Å². The van der Waals surface area contributed by atoms with E-state index < -0.39 is 0 Å².